The largest absolute Gasteiger partial charge is 0.497 e. The van der Waals surface area contributed by atoms with Gasteiger partial charge < -0.3 is 14.8 Å². The van der Waals surface area contributed by atoms with E-state index in [2.05, 4.69) is 10.0 Å². The van der Waals surface area contributed by atoms with Crippen molar-refractivity contribution in [2.75, 3.05) is 19.0 Å². The lowest BCUT2D eigenvalue weighted by atomic mass is 10.3. The molecule has 0 aliphatic carbocycles. The molecule has 2 N–H and O–H groups in total. The maximum atomic E-state index is 12.3. The van der Waals surface area contributed by atoms with Crippen molar-refractivity contribution in [2.45, 2.75) is 17.9 Å². The standard InChI is InChI=1S/C18H19ClN2O6S/c1-12(21-28(24,25)16-9-7-15(26-2)8-10-16)18(23)27-11-17(22)20-14-5-3-13(19)4-6-14/h3-10,12,21H,11H2,1-2H3,(H,20,22). The van der Waals surface area contributed by atoms with Crippen LogP contribution in [0.3, 0.4) is 0 Å². The highest BCUT2D eigenvalue weighted by molar-refractivity contribution is 7.89. The highest BCUT2D eigenvalue weighted by atomic mass is 35.5. The van der Waals surface area contributed by atoms with Crippen molar-refractivity contribution in [1.82, 2.24) is 4.72 Å². The highest BCUT2D eigenvalue weighted by Gasteiger charge is 2.23. The summed E-state index contributed by atoms with van der Waals surface area (Å²) >= 11 is 5.75. The predicted octanol–water partition coefficient (Wildman–Crippen LogP) is 2.20. The Morgan fingerprint density at radius 1 is 1.07 bits per heavy atom. The minimum absolute atomic E-state index is 0.0339. The number of carbonyl (C=O) groups excluding carboxylic acids is 2. The zero-order valence-electron chi connectivity index (χ0n) is 15.1. The number of amides is 1. The van der Waals surface area contributed by atoms with Crippen LogP contribution in [-0.4, -0.2) is 40.1 Å². The van der Waals surface area contributed by atoms with Gasteiger partial charge in [-0.2, -0.15) is 4.72 Å². The summed E-state index contributed by atoms with van der Waals surface area (Å²) in [5.41, 5.74) is 0.485. The Labute approximate surface area is 167 Å². The molecule has 0 aliphatic rings. The first kappa shape index (κ1) is 21.7. The van der Waals surface area contributed by atoms with Gasteiger partial charge in [0.05, 0.1) is 12.0 Å². The highest BCUT2D eigenvalue weighted by Crippen LogP contribution is 2.16. The zero-order chi connectivity index (χ0) is 20.7. The summed E-state index contributed by atoms with van der Waals surface area (Å²) < 4.78 is 36.6. The van der Waals surface area contributed by atoms with E-state index in [1.54, 1.807) is 24.3 Å². The fourth-order valence-electron chi connectivity index (χ4n) is 2.10. The van der Waals surface area contributed by atoms with E-state index in [1.165, 1.54) is 38.3 Å². The second-order valence-corrected chi connectivity index (χ2v) is 7.83. The van der Waals surface area contributed by atoms with Gasteiger partial charge in [0.15, 0.2) is 6.61 Å². The van der Waals surface area contributed by atoms with E-state index in [9.17, 15) is 18.0 Å². The van der Waals surface area contributed by atoms with Gasteiger partial charge in [-0.25, -0.2) is 8.42 Å². The lowest BCUT2D eigenvalue weighted by Crippen LogP contribution is -2.40. The zero-order valence-corrected chi connectivity index (χ0v) is 16.7. The molecular formula is C18H19ClN2O6S. The third-order valence-electron chi connectivity index (χ3n) is 3.53. The van der Waals surface area contributed by atoms with Gasteiger partial charge in [-0.1, -0.05) is 11.6 Å². The Balaban J connectivity index is 1.87. The summed E-state index contributed by atoms with van der Waals surface area (Å²) in [6, 6.07) is 10.9. The number of nitrogens with one attached hydrogen (secondary N) is 2. The number of carbonyl (C=O) groups is 2. The summed E-state index contributed by atoms with van der Waals surface area (Å²) in [6.45, 7) is 0.760. The van der Waals surface area contributed by atoms with Crippen LogP contribution >= 0.6 is 11.6 Å². The van der Waals surface area contributed by atoms with Crippen LogP contribution in [-0.2, 0) is 24.3 Å². The first-order valence-corrected chi connectivity index (χ1v) is 9.96. The van der Waals surface area contributed by atoms with Crippen molar-refractivity contribution in [3.05, 3.63) is 53.6 Å². The SMILES string of the molecule is COc1ccc(S(=O)(=O)NC(C)C(=O)OCC(=O)Nc2ccc(Cl)cc2)cc1. The second kappa shape index (κ2) is 9.54. The number of ether oxygens (including phenoxy) is 2. The topological polar surface area (TPSA) is 111 Å². The fraction of sp³-hybridized carbons (Fsp3) is 0.222. The van der Waals surface area contributed by atoms with E-state index in [1.807, 2.05) is 0 Å². The number of methoxy groups -OCH3 is 1. The molecule has 2 rings (SSSR count). The minimum Gasteiger partial charge on any atom is -0.497 e. The van der Waals surface area contributed by atoms with Crippen molar-refractivity contribution >= 4 is 39.2 Å². The number of halogens is 1. The Hall–Kier alpha value is -2.62. The van der Waals surface area contributed by atoms with Gasteiger partial charge in [-0.05, 0) is 55.5 Å². The van der Waals surface area contributed by atoms with Crippen LogP contribution in [0, 0.1) is 0 Å². The summed E-state index contributed by atoms with van der Waals surface area (Å²) in [7, 11) is -2.48. The minimum atomic E-state index is -3.94. The van der Waals surface area contributed by atoms with E-state index in [0.717, 1.165) is 0 Å². The van der Waals surface area contributed by atoms with Gasteiger partial charge in [0, 0.05) is 10.7 Å². The van der Waals surface area contributed by atoms with Gasteiger partial charge in [0.1, 0.15) is 11.8 Å². The molecule has 0 saturated carbocycles. The average Bonchev–Trinajstić information content (AvgIpc) is 2.67. The predicted molar refractivity (Wildman–Crippen MR) is 104 cm³/mol. The lowest BCUT2D eigenvalue weighted by molar-refractivity contribution is -0.148. The monoisotopic (exact) mass is 426 g/mol. The number of anilines is 1. The van der Waals surface area contributed by atoms with Gasteiger partial charge in [0.2, 0.25) is 10.0 Å². The van der Waals surface area contributed by atoms with E-state index in [-0.39, 0.29) is 4.90 Å². The molecule has 0 saturated heterocycles. The molecule has 0 spiro atoms. The van der Waals surface area contributed by atoms with Crippen molar-refractivity contribution in [3.63, 3.8) is 0 Å². The molecule has 1 amide bonds. The first-order chi connectivity index (χ1) is 13.2. The normalized spacial score (nSPS) is 12.1. The Morgan fingerprint density at radius 3 is 2.25 bits per heavy atom. The summed E-state index contributed by atoms with van der Waals surface area (Å²) in [4.78, 5) is 23.8. The van der Waals surface area contributed by atoms with E-state index < -0.39 is 34.5 Å². The molecule has 2 aromatic rings. The fourth-order valence-corrected chi connectivity index (χ4v) is 3.41. The maximum absolute atomic E-state index is 12.3. The van der Waals surface area contributed by atoms with Crippen LogP contribution in [0.4, 0.5) is 5.69 Å². The lowest BCUT2D eigenvalue weighted by Gasteiger charge is -2.14. The molecular weight excluding hydrogens is 408 g/mol. The van der Waals surface area contributed by atoms with Crippen LogP contribution in [0.2, 0.25) is 5.02 Å². The summed E-state index contributed by atoms with van der Waals surface area (Å²) in [6.07, 6.45) is 0. The molecule has 0 aliphatic heterocycles. The number of hydrogen-bond acceptors (Lipinski definition) is 6. The molecule has 10 heteroatoms. The molecule has 0 aromatic heterocycles. The molecule has 0 heterocycles. The number of rotatable bonds is 8. The van der Waals surface area contributed by atoms with E-state index in [4.69, 9.17) is 21.1 Å². The molecule has 1 atom stereocenters. The molecule has 0 bridgehead atoms. The van der Waals surface area contributed by atoms with Crippen LogP contribution in [0.5, 0.6) is 5.75 Å². The van der Waals surface area contributed by atoms with Crippen molar-refractivity contribution in [2.24, 2.45) is 0 Å². The smallest absolute Gasteiger partial charge is 0.324 e. The van der Waals surface area contributed by atoms with Crippen molar-refractivity contribution in [1.29, 1.82) is 0 Å². The summed E-state index contributed by atoms with van der Waals surface area (Å²) in [5.74, 6) is -0.956. The summed E-state index contributed by atoms with van der Waals surface area (Å²) in [5, 5.41) is 3.04. The Kier molecular flexibility index (Phi) is 7.38. The number of esters is 1. The van der Waals surface area contributed by atoms with Crippen molar-refractivity contribution in [3.8, 4) is 5.75 Å². The van der Waals surface area contributed by atoms with Crippen LogP contribution in [0.1, 0.15) is 6.92 Å². The van der Waals surface area contributed by atoms with E-state index in [0.29, 0.717) is 16.5 Å². The van der Waals surface area contributed by atoms with E-state index >= 15 is 0 Å². The number of sulfonamides is 1. The van der Waals surface area contributed by atoms with Gasteiger partial charge in [-0.3, -0.25) is 9.59 Å². The molecule has 0 fully saturated rings. The van der Waals surface area contributed by atoms with Crippen molar-refractivity contribution < 1.29 is 27.5 Å². The van der Waals surface area contributed by atoms with Crippen LogP contribution in [0.15, 0.2) is 53.4 Å². The second-order valence-electron chi connectivity index (χ2n) is 5.68. The Morgan fingerprint density at radius 2 is 1.68 bits per heavy atom. The molecule has 1 unspecified atom stereocenters. The molecule has 8 nitrogen and oxygen atoms in total. The quantitative estimate of drug-likeness (QED) is 0.626. The third kappa shape index (κ3) is 6.22. The number of hydrogen-bond donors (Lipinski definition) is 2. The third-order valence-corrected chi connectivity index (χ3v) is 5.34. The van der Waals surface area contributed by atoms with Gasteiger partial charge >= 0.3 is 5.97 Å². The molecule has 150 valence electrons. The van der Waals surface area contributed by atoms with Crippen LogP contribution < -0.4 is 14.8 Å². The maximum Gasteiger partial charge on any atom is 0.324 e. The molecule has 2 aromatic carbocycles. The van der Waals surface area contributed by atoms with Gasteiger partial charge in [-0.15, -0.1) is 0 Å². The average molecular weight is 427 g/mol. The molecule has 0 radical (unpaired) electrons. The number of benzene rings is 2. The molecule has 28 heavy (non-hydrogen) atoms. The Bertz CT molecular complexity index is 930. The van der Waals surface area contributed by atoms with Gasteiger partial charge in [0.25, 0.3) is 5.91 Å². The van der Waals surface area contributed by atoms with Crippen LogP contribution in [0.25, 0.3) is 0 Å². The first-order valence-electron chi connectivity index (χ1n) is 8.09.